The molecule has 0 spiro atoms. The Hall–Kier alpha value is -1.59. The molecule has 0 bridgehead atoms. The molecular weight excluding hydrogens is 230 g/mol. The molecule has 0 atom stereocenters. The van der Waals surface area contributed by atoms with E-state index in [1.54, 1.807) is 0 Å². The Balaban J connectivity index is 0.00000180. The number of amides is 2. The molecule has 18 heavy (non-hydrogen) atoms. The molecule has 5 nitrogen and oxygen atoms in total. The van der Waals surface area contributed by atoms with E-state index in [0.29, 0.717) is 6.54 Å². The smallest absolute Gasteiger partial charge is 0.319 e. The number of morpholine rings is 1. The van der Waals surface area contributed by atoms with E-state index >= 15 is 0 Å². The monoisotopic (exact) mass is 253 g/mol. The second-order valence-electron chi connectivity index (χ2n) is 4.20. The van der Waals surface area contributed by atoms with Gasteiger partial charge in [0.05, 0.1) is 13.2 Å². The first-order chi connectivity index (χ1) is 8.84. The molecule has 2 rings (SSSR count). The van der Waals surface area contributed by atoms with Crippen molar-refractivity contribution in [1.82, 2.24) is 10.2 Å². The highest BCUT2D eigenvalue weighted by atomic mass is 16.5. The lowest BCUT2D eigenvalue weighted by atomic mass is 10.3. The van der Waals surface area contributed by atoms with Crippen LogP contribution in [-0.2, 0) is 4.74 Å². The number of rotatable bonds is 4. The second-order valence-corrected chi connectivity index (χ2v) is 4.20. The summed E-state index contributed by atoms with van der Waals surface area (Å²) >= 11 is 0. The fourth-order valence-corrected chi connectivity index (χ4v) is 1.85. The van der Waals surface area contributed by atoms with Crippen molar-refractivity contribution in [1.29, 1.82) is 0 Å². The fourth-order valence-electron chi connectivity index (χ4n) is 1.85. The average Bonchev–Trinajstić information content (AvgIpc) is 2.41. The molecule has 0 unspecified atom stereocenters. The summed E-state index contributed by atoms with van der Waals surface area (Å²) in [5.41, 5.74) is 0.807. The Morgan fingerprint density at radius 3 is 2.72 bits per heavy atom. The maximum atomic E-state index is 11.6. The van der Waals surface area contributed by atoms with Gasteiger partial charge in [-0.05, 0) is 12.1 Å². The van der Waals surface area contributed by atoms with Crippen LogP contribution in [0.15, 0.2) is 30.3 Å². The molecule has 5 heteroatoms. The maximum Gasteiger partial charge on any atom is 0.319 e. The largest absolute Gasteiger partial charge is 0.379 e. The molecule has 102 valence electrons. The van der Waals surface area contributed by atoms with Gasteiger partial charge < -0.3 is 15.4 Å². The van der Waals surface area contributed by atoms with E-state index in [-0.39, 0.29) is 8.88 Å². The Kier molecular flexibility index (Phi) is 4.99. The number of nitrogens with one attached hydrogen (secondary N) is 2. The summed E-state index contributed by atoms with van der Waals surface area (Å²) in [6, 6.07) is 9.27. The molecule has 0 aromatic heterocycles. The third-order valence-electron chi connectivity index (χ3n) is 2.85. The molecule has 2 amide bonds. The number of para-hydroxylation sites is 1. The van der Waals surface area contributed by atoms with E-state index in [0.717, 1.165) is 38.5 Å². The zero-order valence-electron chi connectivity index (χ0n) is 10.4. The van der Waals surface area contributed by atoms with E-state index < -0.39 is 0 Å². The second kappa shape index (κ2) is 6.98. The molecule has 1 heterocycles. The van der Waals surface area contributed by atoms with Gasteiger partial charge in [0.25, 0.3) is 0 Å². The third-order valence-corrected chi connectivity index (χ3v) is 2.85. The van der Waals surface area contributed by atoms with Crippen molar-refractivity contribution in [2.24, 2.45) is 0 Å². The summed E-state index contributed by atoms with van der Waals surface area (Å²) in [5.74, 6) is 0. The molecule has 1 aromatic rings. The van der Waals surface area contributed by atoms with Gasteiger partial charge in [-0.2, -0.15) is 0 Å². The van der Waals surface area contributed by atoms with E-state index in [4.69, 9.17) is 4.74 Å². The van der Waals surface area contributed by atoms with Crippen molar-refractivity contribution in [2.45, 2.75) is 0 Å². The number of carbonyl (C=O) groups is 1. The summed E-state index contributed by atoms with van der Waals surface area (Å²) in [6.45, 7) is 4.99. The zero-order valence-corrected chi connectivity index (χ0v) is 10.4. The average molecular weight is 253 g/mol. The first kappa shape index (κ1) is 12.9. The third kappa shape index (κ3) is 4.35. The maximum absolute atomic E-state index is 11.6. The molecule has 0 radical (unpaired) electrons. The first-order valence-corrected chi connectivity index (χ1v) is 6.24. The van der Waals surface area contributed by atoms with Crippen LogP contribution in [0.5, 0.6) is 0 Å². The number of nitrogens with zero attached hydrogens (tertiary/aromatic N) is 1. The summed E-state index contributed by atoms with van der Waals surface area (Å²) in [6.07, 6.45) is 0. The van der Waals surface area contributed by atoms with Gasteiger partial charge in [-0.25, -0.2) is 4.79 Å². The quantitative estimate of drug-likeness (QED) is 0.857. The minimum Gasteiger partial charge on any atom is -0.379 e. The van der Waals surface area contributed by atoms with Crippen LogP contribution in [0.1, 0.15) is 2.85 Å². The molecule has 1 aromatic carbocycles. The Morgan fingerprint density at radius 1 is 1.28 bits per heavy atom. The minimum absolute atomic E-state index is 0. The van der Waals surface area contributed by atoms with Gasteiger partial charge in [-0.3, -0.25) is 4.90 Å². The summed E-state index contributed by atoms with van der Waals surface area (Å²) in [5, 5.41) is 5.63. The van der Waals surface area contributed by atoms with Crippen molar-refractivity contribution >= 4 is 11.7 Å². The molecule has 0 aliphatic carbocycles. The number of anilines is 1. The minimum atomic E-state index is -0.158. The molecule has 1 aliphatic rings. The van der Waals surface area contributed by atoms with Gasteiger partial charge >= 0.3 is 6.03 Å². The Morgan fingerprint density at radius 2 is 2.00 bits per heavy atom. The molecule has 1 saturated heterocycles. The number of benzene rings is 1. The normalized spacial score (nSPS) is 16.2. The van der Waals surface area contributed by atoms with Crippen LogP contribution >= 0.6 is 0 Å². The predicted octanol–water partition coefficient (Wildman–Crippen LogP) is 1.63. The topological polar surface area (TPSA) is 53.6 Å². The first-order valence-electron chi connectivity index (χ1n) is 6.24. The van der Waals surface area contributed by atoms with E-state index in [9.17, 15) is 4.79 Å². The highest BCUT2D eigenvalue weighted by molar-refractivity contribution is 5.89. The van der Waals surface area contributed by atoms with Crippen molar-refractivity contribution in [3.05, 3.63) is 30.3 Å². The van der Waals surface area contributed by atoms with Crippen molar-refractivity contribution in [3.8, 4) is 0 Å². The number of hydrogen-bond donors (Lipinski definition) is 2. The molecule has 1 aliphatic heterocycles. The Labute approximate surface area is 110 Å². The number of carbonyl (C=O) groups excluding carboxylic acids is 1. The van der Waals surface area contributed by atoms with E-state index in [2.05, 4.69) is 15.5 Å². The van der Waals surface area contributed by atoms with Crippen molar-refractivity contribution in [2.75, 3.05) is 44.7 Å². The summed E-state index contributed by atoms with van der Waals surface area (Å²) in [7, 11) is 0. The fraction of sp³-hybridized carbons (Fsp3) is 0.462. The van der Waals surface area contributed by atoms with Crippen LogP contribution in [0.25, 0.3) is 0 Å². The lowest BCUT2D eigenvalue weighted by Gasteiger charge is -2.26. The van der Waals surface area contributed by atoms with Crippen LogP contribution in [-0.4, -0.2) is 50.3 Å². The number of urea groups is 1. The Bertz CT molecular complexity index is 373. The predicted molar refractivity (Wildman–Crippen MR) is 75.0 cm³/mol. The lowest BCUT2D eigenvalue weighted by Crippen LogP contribution is -2.42. The van der Waals surface area contributed by atoms with Crippen LogP contribution < -0.4 is 10.6 Å². The summed E-state index contributed by atoms with van der Waals surface area (Å²) < 4.78 is 5.26. The molecular formula is C13H23N3O2. The zero-order chi connectivity index (χ0) is 12.6. The van der Waals surface area contributed by atoms with Crippen LogP contribution in [0.3, 0.4) is 0 Å². The molecule has 2 N–H and O–H groups in total. The van der Waals surface area contributed by atoms with Gasteiger partial charge in [0.1, 0.15) is 0 Å². The van der Waals surface area contributed by atoms with Gasteiger partial charge in [0.2, 0.25) is 0 Å². The molecule has 1 fully saturated rings. The van der Waals surface area contributed by atoms with Crippen molar-refractivity contribution in [3.63, 3.8) is 0 Å². The van der Waals surface area contributed by atoms with Crippen molar-refractivity contribution < 1.29 is 12.4 Å². The SMILES string of the molecule is O=C(NCCN1CCOCC1)Nc1ccccc1.[HH].[HH]. The van der Waals surface area contributed by atoms with E-state index in [1.165, 1.54) is 0 Å². The highest BCUT2D eigenvalue weighted by Gasteiger charge is 2.09. The highest BCUT2D eigenvalue weighted by Crippen LogP contribution is 2.04. The van der Waals surface area contributed by atoms with Gasteiger partial charge in [-0.15, -0.1) is 0 Å². The van der Waals surface area contributed by atoms with Gasteiger partial charge in [0.15, 0.2) is 0 Å². The lowest BCUT2D eigenvalue weighted by molar-refractivity contribution is 0.0388. The number of ether oxygens (including phenoxy) is 1. The standard InChI is InChI=1S/C13H19N3O2.2H2/c17-13(15-12-4-2-1-3-5-12)14-6-7-16-8-10-18-11-9-16;;/h1-5H,6-11H2,(H2,14,15,17);2*1H. The van der Waals surface area contributed by atoms with Gasteiger partial charge in [0, 0.05) is 34.7 Å². The number of hydrogen-bond acceptors (Lipinski definition) is 3. The molecule has 0 saturated carbocycles. The van der Waals surface area contributed by atoms with Crippen LogP contribution in [0, 0.1) is 0 Å². The van der Waals surface area contributed by atoms with Crippen LogP contribution in [0.4, 0.5) is 10.5 Å². The van der Waals surface area contributed by atoms with Crippen LogP contribution in [0.2, 0.25) is 0 Å². The van der Waals surface area contributed by atoms with Gasteiger partial charge in [-0.1, -0.05) is 18.2 Å². The summed E-state index contributed by atoms with van der Waals surface area (Å²) in [4.78, 5) is 13.9. The van der Waals surface area contributed by atoms with E-state index in [1.807, 2.05) is 30.3 Å².